The van der Waals surface area contributed by atoms with Gasteiger partial charge in [-0.3, -0.25) is 4.79 Å². The van der Waals surface area contributed by atoms with Gasteiger partial charge in [-0.15, -0.1) is 0 Å². The van der Waals surface area contributed by atoms with E-state index in [1.165, 1.54) is 6.33 Å². The van der Waals surface area contributed by atoms with Crippen LogP contribution < -0.4 is 0 Å². The van der Waals surface area contributed by atoms with Crippen molar-refractivity contribution in [1.29, 1.82) is 0 Å². The molecule has 1 saturated heterocycles. The molecule has 1 fully saturated rings. The van der Waals surface area contributed by atoms with E-state index in [2.05, 4.69) is 9.97 Å². The highest BCUT2D eigenvalue weighted by molar-refractivity contribution is 6.02. The number of aromatic amines is 1. The van der Waals surface area contributed by atoms with E-state index in [0.29, 0.717) is 13.1 Å². The number of amides is 1. The second-order valence-corrected chi connectivity index (χ2v) is 5.59. The largest absolute Gasteiger partial charge is 0.508 e. The van der Waals surface area contributed by atoms with E-state index in [0.717, 1.165) is 18.4 Å². The molecule has 120 valence electrons. The number of carboxylic acid groups (broad SMARTS) is 1. The van der Waals surface area contributed by atoms with E-state index in [1.807, 2.05) is 12.1 Å². The second-order valence-electron chi connectivity index (χ2n) is 5.59. The minimum Gasteiger partial charge on any atom is -0.508 e. The Morgan fingerprint density at radius 3 is 2.65 bits per heavy atom. The molecule has 3 rings (SSSR count). The van der Waals surface area contributed by atoms with Gasteiger partial charge in [-0.2, -0.15) is 0 Å². The number of aromatic nitrogens is 2. The fourth-order valence-electron chi connectivity index (χ4n) is 2.96. The molecule has 23 heavy (non-hydrogen) atoms. The summed E-state index contributed by atoms with van der Waals surface area (Å²) in [6.45, 7) is 1.07. The van der Waals surface area contributed by atoms with Gasteiger partial charge < -0.3 is 20.1 Å². The van der Waals surface area contributed by atoms with Gasteiger partial charge >= 0.3 is 5.97 Å². The molecular weight excluding hydrogens is 298 g/mol. The predicted octanol–water partition coefficient (Wildman–Crippen LogP) is 1.83. The Balaban J connectivity index is 1.68. The van der Waals surface area contributed by atoms with Gasteiger partial charge in [-0.05, 0) is 36.5 Å². The first-order valence-electron chi connectivity index (χ1n) is 7.41. The van der Waals surface area contributed by atoms with Crippen LogP contribution in [0.25, 0.3) is 0 Å². The summed E-state index contributed by atoms with van der Waals surface area (Å²) in [5, 5.41) is 18.6. The maximum Gasteiger partial charge on any atom is 0.354 e. The SMILES string of the molecule is O=C(O)c1[nH]cnc1C(=O)N1CCC(c2cccc(O)c2)CC1. The summed E-state index contributed by atoms with van der Waals surface area (Å²) < 4.78 is 0. The molecule has 1 amide bonds. The van der Waals surface area contributed by atoms with Crippen molar-refractivity contribution in [2.75, 3.05) is 13.1 Å². The minimum absolute atomic E-state index is 0.0479. The van der Waals surface area contributed by atoms with Crippen LogP contribution in [0.3, 0.4) is 0 Å². The van der Waals surface area contributed by atoms with Crippen LogP contribution in [-0.4, -0.2) is 50.0 Å². The number of imidazole rings is 1. The van der Waals surface area contributed by atoms with E-state index in [4.69, 9.17) is 5.11 Å². The first-order valence-corrected chi connectivity index (χ1v) is 7.41. The number of carboxylic acids is 1. The quantitative estimate of drug-likeness (QED) is 0.801. The lowest BCUT2D eigenvalue weighted by Gasteiger charge is -2.32. The summed E-state index contributed by atoms with van der Waals surface area (Å²) in [5.74, 6) is -1.04. The number of rotatable bonds is 3. The number of aromatic carboxylic acids is 1. The lowest BCUT2D eigenvalue weighted by Crippen LogP contribution is -2.38. The van der Waals surface area contributed by atoms with Gasteiger partial charge in [0.25, 0.3) is 5.91 Å². The molecule has 0 atom stereocenters. The molecule has 0 saturated carbocycles. The third-order valence-electron chi connectivity index (χ3n) is 4.18. The highest BCUT2D eigenvalue weighted by atomic mass is 16.4. The first-order chi connectivity index (χ1) is 11.1. The molecule has 3 N–H and O–H groups in total. The number of piperidine rings is 1. The molecule has 1 aliphatic rings. The molecule has 0 radical (unpaired) electrons. The minimum atomic E-state index is -1.19. The average Bonchev–Trinajstić information content (AvgIpc) is 3.04. The van der Waals surface area contributed by atoms with Crippen molar-refractivity contribution in [2.45, 2.75) is 18.8 Å². The summed E-state index contributed by atoms with van der Waals surface area (Å²) in [7, 11) is 0. The Kier molecular flexibility index (Phi) is 4.01. The molecule has 1 aliphatic heterocycles. The van der Waals surface area contributed by atoms with Gasteiger partial charge in [0, 0.05) is 13.1 Å². The van der Waals surface area contributed by atoms with Crippen molar-refractivity contribution in [2.24, 2.45) is 0 Å². The van der Waals surface area contributed by atoms with Crippen molar-refractivity contribution >= 4 is 11.9 Å². The van der Waals surface area contributed by atoms with Gasteiger partial charge in [-0.25, -0.2) is 9.78 Å². The molecule has 1 aromatic carbocycles. The number of likely N-dealkylation sites (tertiary alicyclic amines) is 1. The fourth-order valence-corrected chi connectivity index (χ4v) is 2.96. The van der Waals surface area contributed by atoms with Crippen molar-refractivity contribution in [3.8, 4) is 5.75 Å². The summed E-state index contributed by atoms with van der Waals surface area (Å²) >= 11 is 0. The number of H-pyrrole nitrogens is 1. The monoisotopic (exact) mass is 315 g/mol. The van der Waals surface area contributed by atoms with Gasteiger partial charge in [-0.1, -0.05) is 12.1 Å². The van der Waals surface area contributed by atoms with E-state index >= 15 is 0 Å². The Morgan fingerprint density at radius 2 is 2.00 bits per heavy atom. The Hall–Kier alpha value is -2.83. The van der Waals surface area contributed by atoms with Crippen LogP contribution in [-0.2, 0) is 0 Å². The maximum absolute atomic E-state index is 12.4. The number of nitrogens with zero attached hydrogens (tertiary/aromatic N) is 2. The van der Waals surface area contributed by atoms with Gasteiger partial charge in [0.2, 0.25) is 0 Å². The Labute approximate surface area is 132 Å². The average molecular weight is 315 g/mol. The topological polar surface area (TPSA) is 107 Å². The number of hydrogen-bond acceptors (Lipinski definition) is 4. The van der Waals surface area contributed by atoms with Crippen molar-refractivity contribution in [1.82, 2.24) is 14.9 Å². The van der Waals surface area contributed by atoms with E-state index < -0.39 is 5.97 Å². The van der Waals surface area contributed by atoms with Crippen LogP contribution in [0.2, 0.25) is 0 Å². The van der Waals surface area contributed by atoms with Crippen LogP contribution in [0.15, 0.2) is 30.6 Å². The third-order valence-corrected chi connectivity index (χ3v) is 4.18. The molecule has 0 aliphatic carbocycles. The summed E-state index contributed by atoms with van der Waals surface area (Å²) in [4.78, 5) is 31.4. The first kappa shape index (κ1) is 15.1. The van der Waals surface area contributed by atoms with Crippen molar-refractivity contribution in [3.05, 3.63) is 47.5 Å². The molecule has 0 unspecified atom stereocenters. The number of phenols is 1. The Morgan fingerprint density at radius 1 is 1.26 bits per heavy atom. The van der Waals surface area contributed by atoms with Crippen LogP contribution in [0.5, 0.6) is 5.75 Å². The van der Waals surface area contributed by atoms with E-state index in [-0.39, 0.29) is 29.0 Å². The molecular formula is C16H17N3O4. The molecule has 2 heterocycles. The zero-order chi connectivity index (χ0) is 16.4. The Bertz CT molecular complexity index is 732. The van der Waals surface area contributed by atoms with Crippen LogP contribution in [0.4, 0.5) is 0 Å². The lowest BCUT2D eigenvalue weighted by atomic mass is 9.89. The number of nitrogens with one attached hydrogen (secondary N) is 1. The number of carbonyl (C=O) groups is 2. The van der Waals surface area contributed by atoms with Crippen LogP contribution >= 0.6 is 0 Å². The molecule has 2 aromatic rings. The third kappa shape index (κ3) is 3.03. The number of aromatic hydroxyl groups is 1. The summed E-state index contributed by atoms with van der Waals surface area (Å²) in [5.41, 5.74) is 0.835. The van der Waals surface area contributed by atoms with Crippen LogP contribution in [0, 0.1) is 0 Å². The van der Waals surface area contributed by atoms with E-state index in [9.17, 15) is 14.7 Å². The number of hydrogen-bond donors (Lipinski definition) is 3. The van der Waals surface area contributed by atoms with Crippen molar-refractivity contribution < 1.29 is 19.8 Å². The van der Waals surface area contributed by atoms with Gasteiger partial charge in [0.15, 0.2) is 11.4 Å². The van der Waals surface area contributed by atoms with Gasteiger partial charge in [0.1, 0.15) is 5.75 Å². The molecule has 0 spiro atoms. The number of benzene rings is 1. The molecule has 1 aromatic heterocycles. The van der Waals surface area contributed by atoms with Crippen molar-refractivity contribution in [3.63, 3.8) is 0 Å². The second kappa shape index (κ2) is 6.12. The number of phenolic OH excluding ortho intramolecular Hbond substituents is 1. The number of carbonyl (C=O) groups excluding carboxylic acids is 1. The zero-order valence-electron chi connectivity index (χ0n) is 12.4. The molecule has 0 bridgehead atoms. The smallest absolute Gasteiger partial charge is 0.354 e. The van der Waals surface area contributed by atoms with Gasteiger partial charge in [0.05, 0.1) is 6.33 Å². The van der Waals surface area contributed by atoms with Crippen LogP contribution in [0.1, 0.15) is 45.3 Å². The molecule has 7 nitrogen and oxygen atoms in total. The lowest BCUT2D eigenvalue weighted by molar-refractivity contribution is 0.0655. The fraction of sp³-hybridized carbons (Fsp3) is 0.312. The zero-order valence-corrected chi connectivity index (χ0v) is 12.4. The summed E-state index contributed by atoms with van der Waals surface area (Å²) in [6.07, 6.45) is 2.75. The predicted molar refractivity (Wildman–Crippen MR) is 81.5 cm³/mol. The normalized spacial score (nSPS) is 15.6. The standard InChI is InChI=1S/C16H17N3O4/c20-12-3-1-2-11(8-12)10-4-6-19(7-5-10)15(21)13-14(16(22)23)18-9-17-13/h1-3,8-10,20H,4-7H2,(H,17,18)(H,22,23). The molecule has 7 heteroatoms. The highest BCUT2D eigenvalue weighted by Gasteiger charge is 2.28. The maximum atomic E-state index is 12.4. The summed E-state index contributed by atoms with van der Waals surface area (Å²) in [6, 6.07) is 7.16. The van der Waals surface area contributed by atoms with E-state index in [1.54, 1.807) is 17.0 Å². The highest BCUT2D eigenvalue weighted by Crippen LogP contribution is 2.30.